The third-order valence-corrected chi connectivity index (χ3v) is 12.2. The predicted molar refractivity (Wildman–Crippen MR) is 224 cm³/mol. The van der Waals surface area contributed by atoms with Crippen LogP contribution in [0.15, 0.2) is 164 Å². The molecule has 0 fully saturated rings. The van der Waals surface area contributed by atoms with Gasteiger partial charge in [0.25, 0.3) is 0 Å². The number of anilines is 6. The van der Waals surface area contributed by atoms with Crippen LogP contribution in [0.2, 0.25) is 5.02 Å². The molecular weight excluding hydrogens is 712 g/mol. The Bertz CT molecular complexity index is 2950. The van der Waals surface area contributed by atoms with Crippen molar-refractivity contribution in [3.05, 3.63) is 169 Å². The van der Waals surface area contributed by atoms with E-state index in [0.29, 0.717) is 5.02 Å². The maximum Gasteiger partial charge on any atom is 0.195 e. The second-order valence-corrected chi connectivity index (χ2v) is 15.3. The lowest BCUT2D eigenvalue weighted by atomic mass is 10.1. The summed E-state index contributed by atoms with van der Waals surface area (Å²) in [7, 11) is 0. The summed E-state index contributed by atoms with van der Waals surface area (Å²) in [5.74, 6) is 0. The Morgan fingerprint density at radius 2 is 0.849 bits per heavy atom. The molecule has 4 heterocycles. The molecule has 0 aliphatic heterocycles. The second-order valence-electron chi connectivity index (χ2n) is 12.9. The number of thiazole rings is 2. The lowest BCUT2D eigenvalue weighted by Crippen LogP contribution is -2.14. The molecule has 0 aliphatic rings. The second kappa shape index (κ2) is 11.9. The van der Waals surface area contributed by atoms with Gasteiger partial charge in [-0.1, -0.05) is 101 Å². The van der Waals surface area contributed by atoms with Gasteiger partial charge in [-0.3, -0.25) is 8.80 Å². The van der Waals surface area contributed by atoms with E-state index in [0.717, 1.165) is 77.1 Å². The first-order chi connectivity index (χ1) is 26.2. The molecule has 9 heteroatoms. The molecule has 6 nitrogen and oxygen atoms in total. The molecule has 11 aromatic rings. The van der Waals surface area contributed by atoms with Gasteiger partial charge in [-0.25, -0.2) is 9.97 Å². The summed E-state index contributed by atoms with van der Waals surface area (Å²) in [6.45, 7) is 0. The van der Waals surface area contributed by atoms with E-state index in [4.69, 9.17) is 21.6 Å². The number of halogens is 1. The maximum absolute atomic E-state index is 7.69. The SMILES string of the molecule is Clc1c(N(c2ccccc2)c2ccc3nc4sc5ccccc5n4c3c2)cccc1N(c1ccccc1)c1ccc2nc3sc4ccccc4n3c2c1. The molecule has 0 radical (unpaired) electrons. The van der Waals surface area contributed by atoms with Crippen molar-refractivity contribution in [3.8, 4) is 0 Å². The lowest BCUT2D eigenvalue weighted by Gasteiger charge is -2.31. The van der Waals surface area contributed by atoms with Gasteiger partial charge >= 0.3 is 0 Å². The minimum absolute atomic E-state index is 0.624. The first-order valence-electron chi connectivity index (χ1n) is 17.3. The van der Waals surface area contributed by atoms with Gasteiger partial charge in [0.05, 0.1) is 58.9 Å². The number of nitrogens with zero attached hydrogens (tertiary/aromatic N) is 6. The van der Waals surface area contributed by atoms with Crippen molar-refractivity contribution in [2.75, 3.05) is 9.80 Å². The standard InChI is InChI=1S/C44H27ClN6S2/c45-42-36(48(28-12-3-1-4-13-28)30-22-24-32-38(26-30)50-34-16-7-9-20-40(34)52-43(50)46-32)18-11-19-37(42)49(29-14-5-2-6-15-29)31-23-25-33-39(27-31)51-35-17-8-10-21-41(35)53-44(51)47-33/h1-27H. The highest BCUT2D eigenvalue weighted by molar-refractivity contribution is 7.24. The van der Waals surface area contributed by atoms with Crippen LogP contribution in [0.3, 0.4) is 0 Å². The van der Waals surface area contributed by atoms with E-state index >= 15 is 0 Å². The van der Waals surface area contributed by atoms with Crippen LogP contribution < -0.4 is 9.80 Å². The highest BCUT2D eigenvalue weighted by Crippen LogP contribution is 2.47. The lowest BCUT2D eigenvalue weighted by molar-refractivity contribution is 1.25. The third kappa shape index (κ3) is 4.77. The number of imidazole rings is 2. The number of hydrogen-bond donors (Lipinski definition) is 0. The molecule has 0 unspecified atom stereocenters. The molecule has 7 aromatic carbocycles. The van der Waals surface area contributed by atoms with Crippen LogP contribution in [0.25, 0.3) is 52.4 Å². The van der Waals surface area contributed by atoms with Gasteiger partial charge < -0.3 is 9.80 Å². The molecule has 4 aromatic heterocycles. The van der Waals surface area contributed by atoms with E-state index in [9.17, 15) is 0 Å². The number of aromatic nitrogens is 4. The van der Waals surface area contributed by atoms with E-state index < -0.39 is 0 Å². The van der Waals surface area contributed by atoms with Crippen LogP contribution in [-0.2, 0) is 0 Å². The minimum atomic E-state index is 0.624. The molecule has 0 atom stereocenters. The van der Waals surface area contributed by atoms with Crippen molar-refractivity contribution < 1.29 is 0 Å². The number of para-hydroxylation sites is 4. The summed E-state index contributed by atoms with van der Waals surface area (Å²) in [6, 6.07) is 57.0. The molecule has 0 amide bonds. The van der Waals surface area contributed by atoms with Crippen molar-refractivity contribution in [1.82, 2.24) is 18.8 Å². The monoisotopic (exact) mass is 738 g/mol. The van der Waals surface area contributed by atoms with Gasteiger partial charge in [0.1, 0.15) is 0 Å². The zero-order chi connectivity index (χ0) is 35.0. The zero-order valence-corrected chi connectivity index (χ0v) is 30.4. The molecule has 0 saturated heterocycles. The van der Waals surface area contributed by atoms with E-state index in [1.807, 2.05) is 12.1 Å². The fraction of sp³-hybridized carbons (Fsp3) is 0. The molecule has 0 bridgehead atoms. The number of hydrogen-bond acceptors (Lipinski definition) is 6. The molecular formula is C44H27ClN6S2. The van der Waals surface area contributed by atoms with Crippen molar-refractivity contribution >= 4 is 121 Å². The predicted octanol–water partition coefficient (Wildman–Crippen LogP) is 13.3. The first-order valence-corrected chi connectivity index (χ1v) is 19.3. The van der Waals surface area contributed by atoms with Gasteiger partial charge in [0, 0.05) is 22.7 Å². The summed E-state index contributed by atoms with van der Waals surface area (Å²) in [4.78, 5) is 16.4. The summed E-state index contributed by atoms with van der Waals surface area (Å²) in [6.07, 6.45) is 0. The van der Waals surface area contributed by atoms with Crippen molar-refractivity contribution in [1.29, 1.82) is 0 Å². The highest BCUT2D eigenvalue weighted by atomic mass is 35.5. The summed E-state index contributed by atoms with van der Waals surface area (Å²) in [5, 5.41) is 0.624. The van der Waals surface area contributed by atoms with Crippen LogP contribution in [0, 0.1) is 0 Å². The van der Waals surface area contributed by atoms with Crippen LogP contribution in [0.5, 0.6) is 0 Å². The minimum Gasteiger partial charge on any atom is -0.309 e. The van der Waals surface area contributed by atoms with E-state index in [2.05, 4.69) is 170 Å². The Morgan fingerprint density at radius 1 is 0.415 bits per heavy atom. The van der Waals surface area contributed by atoms with Crippen molar-refractivity contribution in [3.63, 3.8) is 0 Å². The first kappa shape index (κ1) is 30.4. The fourth-order valence-electron chi connectivity index (χ4n) is 7.48. The molecule has 0 saturated carbocycles. The Hall–Kier alpha value is -6.19. The van der Waals surface area contributed by atoms with E-state index in [-0.39, 0.29) is 0 Å². The van der Waals surface area contributed by atoms with E-state index in [1.165, 1.54) is 9.40 Å². The van der Waals surface area contributed by atoms with Crippen LogP contribution >= 0.6 is 34.3 Å². The Morgan fingerprint density at radius 3 is 1.32 bits per heavy atom. The van der Waals surface area contributed by atoms with E-state index in [1.54, 1.807) is 22.7 Å². The van der Waals surface area contributed by atoms with Gasteiger partial charge in [-0.15, -0.1) is 0 Å². The highest BCUT2D eigenvalue weighted by Gasteiger charge is 2.24. The van der Waals surface area contributed by atoms with Crippen molar-refractivity contribution in [2.24, 2.45) is 0 Å². The van der Waals surface area contributed by atoms with Gasteiger partial charge in [-0.05, 0) is 97.1 Å². The normalized spacial score (nSPS) is 11.9. The summed E-state index contributed by atoms with van der Waals surface area (Å²) < 4.78 is 6.94. The number of fused-ring (bicyclic) bond motifs is 10. The summed E-state index contributed by atoms with van der Waals surface area (Å²) in [5.41, 5.74) is 12.0. The number of rotatable bonds is 6. The van der Waals surface area contributed by atoms with Crippen molar-refractivity contribution in [2.45, 2.75) is 0 Å². The average molecular weight is 739 g/mol. The van der Waals surface area contributed by atoms with Crippen LogP contribution in [0.4, 0.5) is 34.1 Å². The van der Waals surface area contributed by atoms with Crippen LogP contribution in [0.1, 0.15) is 0 Å². The quantitative estimate of drug-likeness (QED) is 0.170. The topological polar surface area (TPSA) is 41.1 Å². The molecule has 11 rings (SSSR count). The van der Waals surface area contributed by atoms with Gasteiger partial charge in [0.2, 0.25) is 0 Å². The van der Waals surface area contributed by atoms with Gasteiger partial charge in [0.15, 0.2) is 9.92 Å². The molecule has 252 valence electrons. The Labute approximate surface area is 316 Å². The third-order valence-electron chi connectivity index (χ3n) is 9.81. The average Bonchev–Trinajstić information content (AvgIpc) is 3.95. The number of benzene rings is 7. The Kier molecular flexibility index (Phi) is 6.85. The van der Waals surface area contributed by atoms with Crippen LogP contribution in [-0.4, -0.2) is 18.8 Å². The fourth-order valence-corrected chi connectivity index (χ4v) is 9.85. The molecule has 0 N–H and O–H groups in total. The smallest absolute Gasteiger partial charge is 0.195 e. The molecule has 0 spiro atoms. The summed E-state index contributed by atoms with van der Waals surface area (Å²) >= 11 is 11.1. The molecule has 53 heavy (non-hydrogen) atoms. The van der Waals surface area contributed by atoms with Gasteiger partial charge in [-0.2, -0.15) is 0 Å². The maximum atomic E-state index is 7.69. The Balaban J connectivity index is 1.12. The largest absolute Gasteiger partial charge is 0.309 e. The molecule has 0 aliphatic carbocycles. The zero-order valence-electron chi connectivity index (χ0n) is 28.0.